The molecule has 10 heteroatoms. The molecule has 0 aliphatic rings. The number of pyridine rings is 1. The van der Waals surface area contributed by atoms with E-state index in [2.05, 4.69) is 10.3 Å². The Hall–Kier alpha value is -2.36. The minimum absolute atomic E-state index is 0. The molecule has 3 rings (SSSR count). The van der Waals surface area contributed by atoms with E-state index in [0.717, 1.165) is 10.2 Å². The van der Waals surface area contributed by atoms with Crippen molar-refractivity contribution >= 4 is 22.4 Å². The molecule has 0 aliphatic heterocycles. The summed E-state index contributed by atoms with van der Waals surface area (Å²) in [6, 6.07) is 11.0. The normalized spacial score (nSPS) is 11.9. The summed E-state index contributed by atoms with van der Waals surface area (Å²) in [6.07, 6.45) is -1.78. The summed E-state index contributed by atoms with van der Waals surface area (Å²) in [5.41, 5.74) is 0.550. The first-order valence-electron chi connectivity index (χ1n) is 7.92. The second-order valence-electron chi connectivity index (χ2n) is 5.84. The molecule has 0 fully saturated rings. The van der Waals surface area contributed by atoms with Crippen molar-refractivity contribution in [2.75, 3.05) is 7.05 Å². The average molecular weight is 432 g/mol. The minimum Gasteiger partial charge on any atom is -0.316 e. The Kier molecular flexibility index (Phi) is 6.53. The molecule has 0 saturated heterocycles. The van der Waals surface area contributed by atoms with Crippen LogP contribution >= 0.6 is 12.4 Å². The van der Waals surface area contributed by atoms with Crippen molar-refractivity contribution in [3.63, 3.8) is 0 Å². The molecule has 0 unspecified atom stereocenters. The van der Waals surface area contributed by atoms with E-state index in [1.54, 1.807) is 43.4 Å². The summed E-state index contributed by atoms with van der Waals surface area (Å²) in [5.74, 6) is 0. The van der Waals surface area contributed by atoms with Crippen molar-refractivity contribution in [1.29, 1.82) is 0 Å². The monoisotopic (exact) mass is 431 g/mol. The van der Waals surface area contributed by atoms with Crippen LogP contribution in [0.25, 0.3) is 11.3 Å². The molecule has 0 bridgehead atoms. The average Bonchev–Trinajstić information content (AvgIpc) is 3.07. The van der Waals surface area contributed by atoms with Crippen molar-refractivity contribution in [2.45, 2.75) is 17.6 Å². The van der Waals surface area contributed by atoms with Crippen LogP contribution in [0.1, 0.15) is 11.1 Å². The van der Waals surface area contributed by atoms with Crippen molar-refractivity contribution in [1.82, 2.24) is 14.3 Å². The van der Waals surface area contributed by atoms with Gasteiger partial charge in [-0.1, -0.05) is 30.3 Å². The molecular formula is C18H17ClF3N3O2S. The Bertz CT molecular complexity index is 1050. The fourth-order valence-corrected chi connectivity index (χ4v) is 4.03. The van der Waals surface area contributed by atoms with E-state index >= 15 is 0 Å². The zero-order valence-corrected chi connectivity index (χ0v) is 16.3. The van der Waals surface area contributed by atoms with Gasteiger partial charge in [-0.3, -0.25) is 4.98 Å². The van der Waals surface area contributed by atoms with Gasteiger partial charge in [0, 0.05) is 25.1 Å². The predicted molar refractivity (Wildman–Crippen MR) is 102 cm³/mol. The van der Waals surface area contributed by atoms with Gasteiger partial charge in [-0.25, -0.2) is 12.4 Å². The van der Waals surface area contributed by atoms with Crippen LogP contribution in [0.4, 0.5) is 13.2 Å². The predicted octanol–water partition coefficient (Wildman–Crippen LogP) is 3.95. The summed E-state index contributed by atoms with van der Waals surface area (Å²) in [7, 11) is -2.56. The minimum atomic E-state index is -4.69. The Balaban J connectivity index is 0.00000280. The van der Waals surface area contributed by atoms with Crippen molar-refractivity contribution < 1.29 is 21.6 Å². The smallest absolute Gasteiger partial charge is 0.316 e. The molecule has 3 aromatic rings. The van der Waals surface area contributed by atoms with Gasteiger partial charge in [-0.2, -0.15) is 13.2 Å². The number of hydrogen-bond donors (Lipinski definition) is 1. The van der Waals surface area contributed by atoms with Crippen LogP contribution in [-0.4, -0.2) is 24.4 Å². The second kappa shape index (κ2) is 8.34. The van der Waals surface area contributed by atoms with Gasteiger partial charge in [0.15, 0.2) is 0 Å². The molecule has 150 valence electrons. The molecule has 5 nitrogen and oxygen atoms in total. The summed E-state index contributed by atoms with van der Waals surface area (Å²) >= 11 is 0. The zero-order valence-electron chi connectivity index (χ0n) is 14.6. The molecule has 0 saturated carbocycles. The van der Waals surface area contributed by atoms with E-state index in [-0.39, 0.29) is 12.4 Å². The third kappa shape index (κ3) is 4.37. The number of hydrogen-bond acceptors (Lipinski definition) is 4. The van der Waals surface area contributed by atoms with Crippen LogP contribution in [0, 0.1) is 0 Å². The lowest BCUT2D eigenvalue weighted by Gasteiger charge is -2.12. The number of aromatic nitrogens is 2. The molecule has 0 amide bonds. The third-order valence-electron chi connectivity index (χ3n) is 3.89. The summed E-state index contributed by atoms with van der Waals surface area (Å²) in [6.45, 7) is 0.406. The highest BCUT2D eigenvalue weighted by Crippen LogP contribution is 2.32. The number of nitrogens with one attached hydrogen (secondary N) is 1. The summed E-state index contributed by atoms with van der Waals surface area (Å²) in [5, 5.41) is 2.93. The number of alkyl halides is 3. The Morgan fingerprint density at radius 3 is 2.39 bits per heavy atom. The molecule has 1 N–H and O–H groups in total. The number of benzene rings is 1. The van der Waals surface area contributed by atoms with E-state index in [9.17, 15) is 21.6 Å². The largest absolute Gasteiger partial charge is 0.417 e. The van der Waals surface area contributed by atoms with Gasteiger partial charge in [-0.15, -0.1) is 12.4 Å². The van der Waals surface area contributed by atoms with Gasteiger partial charge in [0.1, 0.15) is 4.90 Å². The fourth-order valence-electron chi connectivity index (χ4n) is 2.64. The van der Waals surface area contributed by atoms with Crippen molar-refractivity contribution in [3.8, 4) is 11.3 Å². The lowest BCUT2D eigenvalue weighted by atomic mass is 10.1. The van der Waals surface area contributed by atoms with Gasteiger partial charge in [0.25, 0.3) is 10.0 Å². The Labute approximate surface area is 166 Å². The van der Waals surface area contributed by atoms with Crippen LogP contribution in [0.3, 0.4) is 0 Å². The third-order valence-corrected chi connectivity index (χ3v) is 5.53. The van der Waals surface area contributed by atoms with Gasteiger partial charge in [-0.05, 0) is 30.3 Å². The maximum absolute atomic E-state index is 13.1. The highest BCUT2D eigenvalue weighted by Gasteiger charge is 2.33. The molecule has 28 heavy (non-hydrogen) atoms. The Morgan fingerprint density at radius 1 is 1.11 bits per heavy atom. The summed E-state index contributed by atoms with van der Waals surface area (Å²) in [4.78, 5) is 2.94. The quantitative estimate of drug-likeness (QED) is 0.664. The van der Waals surface area contributed by atoms with E-state index in [1.807, 2.05) is 0 Å². The topological polar surface area (TPSA) is 64.0 Å². The highest BCUT2D eigenvalue weighted by atomic mass is 35.5. The standard InChI is InChI=1S/C18H16F3N3O2S.ClH/c1-22-9-13-7-17(14-5-3-2-4-6-14)24(12-13)27(25,26)16-8-15(10-23-11-16)18(19,20)21;/h2-8,10-12,22H,9H2,1H3;1H. The van der Waals surface area contributed by atoms with E-state index in [0.29, 0.717) is 35.6 Å². The van der Waals surface area contributed by atoms with Crippen LogP contribution < -0.4 is 5.32 Å². The van der Waals surface area contributed by atoms with Crippen LogP contribution in [0.2, 0.25) is 0 Å². The van der Waals surface area contributed by atoms with Gasteiger partial charge < -0.3 is 5.32 Å². The number of nitrogens with zero attached hydrogens (tertiary/aromatic N) is 2. The highest BCUT2D eigenvalue weighted by molar-refractivity contribution is 7.90. The molecule has 0 aliphatic carbocycles. The van der Waals surface area contributed by atoms with E-state index in [4.69, 9.17) is 0 Å². The van der Waals surface area contributed by atoms with Gasteiger partial charge >= 0.3 is 6.18 Å². The molecule has 2 heterocycles. The summed E-state index contributed by atoms with van der Waals surface area (Å²) < 4.78 is 66.0. The van der Waals surface area contributed by atoms with E-state index < -0.39 is 26.7 Å². The maximum Gasteiger partial charge on any atom is 0.417 e. The van der Waals surface area contributed by atoms with E-state index in [1.165, 1.54) is 6.20 Å². The molecule has 0 atom stereocenters. The van der Waals surface area contributed by atoms with Gasteiger partial charge in [0.05, 0.1) is 11.3 Å². The molecule has 2 aromatic heterocycles. The molecule has 0 radical (unpaired) electrons. The first-order chi connectivity index (χ1) is 12.7. The Morgan fingerprint density at radius 2 is 1.79 bits per heavy atom. The van der Waals surface area contributed by atoms with Crippen LogP contribution in [-0.2, 0) is 22.7 Å². The number of rotatable bonds is 5. The lowest BCUT2D eigenvalue weighted by molar-refractivity contribution is -0.138. The number of halogens is 4. The first-order valence-corrected chi connectivity index (χ1v) is 9.36. The van der Waals surface area contributed by atoms with Crippen molar-refractivity contribution in [3.05, 3.63) is 72.2 Å². The van der Waals surface area contributed by atoms with Crippen LogP contribution in [0.15, 0.2) is 66.0 Å². The molecule has 0 spiro atoms. The maximum atomic E-state index is 13.1. The van der Waals surface area contributed by atoms with Crippen LogP contribution in [0.5, 0.6) is 0 Å². The fraction of sp³-hybridized carbons (Fsp3) is 0.167. The SMILES string of the molecule is CNCc1cc(-c2ccccc2)n(S(=O)(=O)c2cncc(C(F)(F)F)c2)c1.Cl. The van der Waals surface area contributed by atoms with Crippen molar-refractivity contribution in [2.24, 2.45) is 0 Å². The molecular weight excluding hydrogens is 415 g/mol. The van der Waals surface area contributed by atoms with Gasteiger partial charge in [0.2, 0.25) is 0 Å². The lowest BCUT2D eigenvalue weighted by Crippen LogP contribution is -2.15. The zero-order chi connectivity index (χ0) is 19.7. The molecule has 1 aromatic carbocycles. The first kappa shape index (κ1) is 21.9. The second-order valence-corrected chi connectivity index (χ2v) is 7.65.